The van der Waals surface area contributed by atoms with E-state index in [4.69, 9.17) is 4.74 Å². The smallest absolute Gasteiger partial charge is 0.169 e. The minimum Gasteiger partial charge on any atom is -0.450 e. The summed E-state index contributed by atoms with van der Waals surface area (Å²) in [5, 5.41) is 3.30. The third kappa shape index (κ3) is 2.72. The quantitative estimate of drug-likeness (QED) is 0.932. The van der Waals surface area contributed by atoms with Crippen molar-refractivity contribution < 1.29 is 9.13 Å². The molecule has 2 aromatic rings. The lowest BCUT2D eigenvalue weighted by Gasteiger charge is -2.30. The summed E-state index contributed by atoms with van der Waals surface area (Å²) in [6.45, 7) is 3.66. The van der Waals surface area contributed by atoms with E-state index >= 15 is 0 Å². The number of nitrogens with zero attached hydrogens (tertiary/aromatic N) is 2. The molecule has 1 aliphatic rings. The summed E-state index contributed by atoms with van der Waals surface area (Å²) in [5.41, 5.74) is 0.949. The summed E-state index contributed by atoms with van der Waals surface area (Å²) in [6.07, 6.45) is 3.36. The number of hydrogen-bond acceptors (Lipinski definition) is 4. The number of benzene rings is 1. The van der Waals surface area contributed by atoms with Gasteiger partial charge in [0.15, 0.2) is 17.3 Å². The van der Waals surface area contributed by atoms with Crippen LogP contribution in [0.15, 0.2) is 42.7 Å². The van der Waals surface area contributed by atoms with Gasteiger partial charge in [-0.2, -0.15) is 0 Å². The van der Waals surface area contributed by atoms with Gasteiger partial charge in [-0.3, -0.25) is 4.98 Å². The number of nitrogens with one attached hydrogen (secondary N) is 1. The molecule has 1 aliphatic heterocycles. The van der Waals surface area contributed by atoms with Crippen LogP contribution in [0.5, 0.6) is 11.5 Å². The van der Waals surface area contributed by atoms with Crippen molar-refractivity contribution in [3.8, 4) is 11.5 Å². The SMILES string of the molecule is Fc1ccccc1Oc1cnccc1N1CCNCC1. The van der Waals surface area contributed by atoms with E-state index < -0.39 is 0 Å². The Morgan fingerprint density at radius 3 is 2.70 bits per heavy atom. The monoisotopic (exact) mass is 273 g/mol. The molecule has 0 unspecified atom stereocenters. The van der Waals surface area contributed by atoms with Gasteiger partial charge in [-0.1, -0.05) is 12.1 Å². The largest absolute Gasteiger partial charge is 0.450 e. The van der Waals surface area contributed by atoms with Crippen LogP contribution in [0.2, 0.25) is 0 Å². The highest BCUT2D eigenvalue weighted by Gasteiger charge is 2.16. The number of aromatic nitrogens is 1. The molecule has 1 N–H and O–H groups in total. The second-order valence-electron chi connectivity index (χ2n) is 4.61. The first kappa shape index (κ1) is 12.9. The van der Waals surface area contributed by atoms with Crippen LogP contribution in [0, 0.1) is 5.82 Å². The van der Waals surface area contributed by atoms with Gasteiger partial charge in [-0.15, -0.1) is 0 Å². The number of piperazine rings is 1. The molecule has 0 saturated carbocycles. The molecule has 1 saturated heterocycles. The van der Waals surface area contributed by atoms with Crippen molar-refractivity contribution in [2.75, 3.05) is 31.1 Å². The second-order valence-corrected chi connectivity index (χ2v) is 4.61. The van der Waals surface area contributed by atoms with E-state index in [1.807, 2.05) is 6.07 Å². The summed E-state index contributed by atoms with van der Waals surface area (Å²) >= 11 is 0. The van der Waals surface area contributed by atoms with Crippen molar-refractivity contribution in [2.24, 2.45) is 0 Å². The lowest BCUT2D eigenvalue weighted by atomic mass is 10.2. The Hall–Kier alpha value is -2.14. The fourth-order valence-electron chi connectivity index (χ4n) is 2.26. The third-order valence-electron chi connectivity index (χ3n) is 3.28. The minimum absolute atomic E-state index is 0.219. The van der Waals surface area contributed by atoms with Gasteiger partial charge in [-0.25, -0.2) is 4.39 Å². The van der Waals surface area contributed by atoms with Crippen LogP contribution in [0.3, 0.4) is 0 Å². The average Bonchev–Trinajstić information content (AvgIpc) is 2.51. The van der Waals surface area contributed by atoms with Crippen LogP contribution < -0.4 is 15.0 Å². The van der Waals surface area contributed by atoms with Crippen molar-refractivity contribution in [3.63, 3.8) is 0 Å². The van der Waals surface area contributed by atoms with Gasteiger partial charge < -0.3 is 15.0 Å². The summed E-state index contributed by atoms with van der Waals surface area (Å²) in [5.74, 6) is 0.430. The predicted octanol–water partition coefficient (Wildman–Crippen LogP) is 2.42. The summed E-state index contributed by atoms with van der Waals surface area (Å²) in [7, 11) is 0. The molecular formula is C15H16FN3O. The third-order valence-corrected chi connectivity index (χ3v) is 3.28. The van der Waals surface area contributed by atoms with Crippen molar-refractivity contribution >= 4 is 5.69 Å². The second kappa shape index (κ2) is 5.88. The van der Waals surface area contributed by atoms with E-state index in [1.54, 1.807) is 30.6 Å². The van der Waals surface area contributed by atoms with E-state index in [2.05, 4.69) is 15.2 Å². The number of rotatable bonds is 3. The van der Waals surface area contributed by atoms with E-state index in [9.17, 15) is 4.39 Å². The Kier molecular flexibility index (Phi) is 3.78. The molecule has 0 amide bonds. The maximum atomic E-state index is 13.7. The minimum atomic E-state index is -0.373. The molecule has 0 spiro atoms. The molecule has 20 heavy (non-hydrogen) atoms. The van der Waals surface area contributed by atoms with Gasteiger partial charge in [0.2, 0.25) is 0 Å². The summed E-state index contributed by atoms with van der Waals surface area (Å²) in [4.78, 5) is 6.29. The molecule has 104 valence electrons. The maximum absolute atomic E-state index is 13.7. The van der Waals surface area contributed by atoms with Crippen molar-refractivity contribution in [1.82, 2.24) is 10.3 Å². The lowest BCUT2D eigenvalue weighted by Crippen LogP contribution is -2.43. The van der Waals surface area contributed by atoms with Gasteiger partial charge in [0.1, 0.15) is 0 Å². The first-order valence-electron chi connectivity index (χ1n) is 6.66. The van der Waals surface area contributed by atoms with Gasteiger partial charge in [0.25, 0.3) is 0 Å². The Bertz CT molecular complexity index is 585. The predicted molar refractivity (Wildman–Crippen MR) is 75.8 cm³/mol. The fraction of sp³-hybridized carbons (Fsp3) is 0.267. The molecule has 0 atom stereocenters. The zero-order valence-corrected chi connectivity index (χ0v) is 11.1. The molecule has 2 heterocycles. The Morgan fingerprint density at radius 2 is 1.90 bits per heavy atom. The number of halogens is 1. The zero-order valence-electron chi connectivity index (χ0n) is 11.1. The Morgan fingerprint density at radius 1 is 1.10 bits per heavy atom. The summed E-state index contributed by atoms with van der Waals surface area (Å²) < 4.78 is 19.4. The van der Waals surface area contributed by atoms with Crippen LogP contribution in [0.25, 0.3) is 0 Å². The number of anilines is 1. The topological polar surface area (TPSA) is 37.4 Å². The molecule has 4 nitrogen and oxygen atoms in total. The molecule has 0 bridgehead atoms. The van der Waals surface area contributed by atoms with Crippen LogP contribution in [0.4, 0.5) is 10.1 Å². The van der Waals surface area contributed by atoms with Crippen LogP contribution in [-0.4, -0.2) is 31.2 Å². The highest BCUT2D eigenvalue weighted by atomic mass is 19.1. The normalized spacial score (nSPS) is 15.2. The Labute approximate surface area is 117 Å². The summed E-state index contributed by atoms with van der Waals surface area (Å²) in [6, 6.07) is 8.30. The van der Waals surface area contributed by atoms with Gasteiger partial charge in [0, 0.05) is 32.4 Å². The van der Waals surface area contributed by atoms with Crippen LogP contribution in [0.1, 0.15) is 0 Å². The molecule has 1 aromatic heterocycles. The zero-order chi connectivity index (χ0) is 13.8. The van der Waals surface area contributed by atoms with Gasteiger partial charge in [0.05, 0.1) is 11.9 Å². The van der Waals surface area contributed by atoms with Crippen LogP contribution in [-0.2, 0) is 0 Å². The standard InChI is InChI=1S/C15H16FN3O/c16-12-3-1-2-4-14(12)20-15-11-18-6-5-13(15)19-9-7-17-8-10-19/h1-6,11,17H,7-10H2. The fourth-order valence-corrected chi connectivity index (χ4v) is 2.26. The molecular weight excluding hydrogens is 257 g/mol. The van der Waals surface area contributed by atoms with Gasteiger partial charge in [-0.05, 0) is 18.2 Å². The van der Waals surface area contributed by atoms with Crippen molar-refractivity contribution in [3.05, 3.63) is 48.5 Å². The molecule has 1 fully saturated rings. The number of ether oxygens (including phenoxy) is 1. The lowest BCUT2D eigenvalue weighted by molar-refractivity contribution is 0.438. The molecule has 5 heteroatoms. The first-order valence-corrected chi connectivity index (χ1v) is 6.66. The number of pyridine rings is 1. The maximum Gasteiger partial charge on any atom is 0.169 e. The van der Waals surface area contributed by atoms with Gasteiger partial charge >= 0.3 is 0 Å². The highest BCUT2D eigenvalue weighted by Crippen LogP contribution is 2.32. The average molecular weight is 273 g/mol. The van der Waals surface area contributed by atoms with E-state index in [0.29, 0.717) is 5.75 Å². The molecule has 1 aromatic carbocycles. The molecule has 3 rings (SSSR count). The molecule has 0 radical (unpaired) electrons. The van der Waals surface area contributed by atoms with Crippen molar-refractivity contribution in [2.45, 2.75) is 0 Å². The van der Waals surface area contributed by atoms with Crippen LogP contribution >= 0.6 is 0 Å². The van der Waals surface area contributed by atoms with E-state index in [-0.39, 0.29) is 11.6 Å². The number of para-hydroxylation sites is 1. The molecule has 0 aliphatic carbocycles. The highest BCUT2D eigenvalue weighted by molar-refractivity contribution is 5.58. The first-order chi connectivity index (χ1) is 9.84. The number of hydrogen-bond donors (Lipinski definition) is 1. The Balaban J connectivity index is 1.88. The van der Waals surface area contributed by atoms with E-state index in [1.165, 1.54) is 6.07 Å². The van der Waals surface area contributed by atoms with E-state index in [0.717, 1.165) is 31.9 Å². The van der Waals surface area contributed by atoms with Crippen molar-refractivity contribution in [1.29, 1.82) is 0 Å².